The van der Waals surface area contributed by atoms with Crippen molar-refractivity contribution in [2.24, 2.45) is 0 Å². The Labute approximate surface area is 197 Å². The smallest absolute Gasteiger partial charge is 0.183 e. The SMILES string of the molecule is C=CC.CCCCCCO.Nc1nc(-c2cn(SI)c3ncc(Cl)cc23)ncc1F. The van der Waals surface area contributed by atoms with Crippen LogP contribution in [0.3, 0.4) is 0 Å². The maximum absolute atomic E-state index is 13.2. The molecule has 0 unspecified atom stereocenters. The van der Waals surface area contributed by atoms with Crippen LogP contribution in [0, 0.1) is 5.82 Å². The summed E-state index contributed by atoms with van der Waals surface area (Å²) in [5.74, 6) is -0.493. The van der Waals surface area contributed by atoms with Gasteiger partial charge in [-0.15, -0.1) is 6.58 Å². The van der Waals surface area contributed by atoms with Gasteiger partial charge in [0, 0.05) is 60.3 Å². The van der Waals surface area contributed by atoms with Gasteiger partial charge in [0.05, 0.1) is 11.2 Å². The molecule has 10 heteroatoms. The van der Waals surface area contributed by atoms with Gasteiger partial charge < -0.3 is 10.8 Å². The van der Waals surface area contributed by atoms with Gasteiger partial charge in [0.1, 0.15) is 0 Å². The molecule has 3 rings (SSSR count). The van der Waals surface area contributed by atoms with E-state index in [1.54, 1.807) is 18.3 Å². The van der Waals surface area contributed by atoms with Crippen molar-refractivity contribution in [2.45, 2.75) is 39.5 Å². The zero-order valence-electron chi connectivity index (χ0n) is 17.0. The van der Waals surface area contributed by atoms with Gasteiger partial charge in [-0.1, -0.05) is 43.9 Å². The van der Waals surface area contributed by atoms with Crippen molar-refractivity contribution in [3.05, 3.63) is 48.2 Å². The fraction of sp³-hybridized carbons (Fsp3) is 0.350. The van der Waals surface area contributed by atoms with Gasteiger partial charge >= 0.3 is 0 Å². The summed E-state index contributed by atoms with van der Waals surface area (Å²) in [7, 11) is 1.45. The van der Waals surface area contributed by atoms with Crippen LogP contribution in [0.5, 0.6) is 0 Å². The minimum absolute atomic E-state index is 0.187. The van der Waals surface area contributed by atoms with E-state index in [1.807, 2.05) is 17.1 Å². The standard InChI is InChI=1S/C11H6ClFIN5S.C6H14O.C3H6/c12-5-1-6-7(4-19(20-14)11(6)17-2-5)10-16-3-8(13)9(15)18-10;1-2-3-4-5-6-7;1-3-2/h1-4H,(H2,15,16,18);7H,2-6H2,1H3;3H,1H2,2H3. The van der Waals surface area contributed by atoms with Gasteiger partial charge in [0.2, 0.25) is 0 Å². The van der Waals surface area contributed by atoms with Crippen LogP contribution in [0.15, 0.2) is 37.3 Å². The number of allylic oxidation sites excluding steroid dienone is 1. The molecule has 0 fully saturated rings. The van der Waals surface area contributed by atoms with E-state index in [2.05, 4.69) is 49.7 Å². The highest BCUT2D eigenvalue weighted by Gasteiger charge is 2.15. The van der Waals surface area contributed by atoms with Gasteiger partial charge in [0.15, 0.2) is 23.1 Å². The fourth-order valence-electron chi connectivity index (χ4n) is 2.33. The number of hydrogen-bond donors (Lipinski definition) is 2. The number of rotatable bonds is 6. The highest BCUT2D eigenvalue weighted by molar-refractivity contribution is 14.2. The van der Waals surface area contributed by atoms with E-state index in [0.29, 0.717) is 23.0 Å². The molecule has 0 amide bonds. The summed E-state index contributed by atoms with van der Waals surface area (Å²) in [6, 6.07) is 1.77. The fourth-order valence-corrected chi connectivity index (χ4v) is 3.75. The van der Waals surface area contributed by atoms with E-state index in [9.17, 15) is 4.39 Å². The summed E-state index contributed by atoms with van der Waals surface area (Å²) in [6.45, 7) is 7.78. The Morgan fingerprint density at radius 1 is 1.33 bits per heavy atom. The first-order chi connectivity index (χ1) is 14.4. The summed E-state index contributed by atoms with van der Waals surface area (Å²) in [5, 5.41) is 9.58. The number of aliphatic hydroxyl groups is 1. The molecule has 0 aromatic carbocycles. The van der Waals surface area contributed by atoms with Crippen LogP contribution in [0.4, 0.5) is 10.2 Å². The van der Waals surface area contributed by atoms with E-state index in [1.165, 1.54) is 28.4 Å². The Bertz CT molecular complexity index is 937. The second-order valence-corrected chi connectivity index (χ2v) is 8.23. The number of nitrogen functional groups attached to an aromatic ring is 1. The van der Waals surface area contributed by atoms with Crippen LogP contribution in [0.1, 0.15) is 39.5 Å². The number of nitrogens with two attached hydrogens (primary N) is 1. The molecule has 0 saturated carbocycles. The van der Waals surface area contributed by atoms with Crippen LogP contribution in [-0.2, 0) is 0 Å². The molecule has 0 bridgehead atoms. The molecule has 0 aliphatic carbocycles. The maximum Gasteiger partial charge on any atom is 0.183 e. The second-order valence-electron chi connectivity index (χ2n) is 6.08. The van der Waals surface area contributed by atoms with Gasteiger partial charge in [-0.25, -0.2) is 19.3 Å². The number of fused-ring (bicyclic) bond motifs is 1. The molecule has 0 aliphatic rings. The van der Waals surface area contributed by atoms with Gasteiger partial charge in [-0.3, -0.25) is 3.97 Å². The summed E-state index contributed by atoms with van der Waals surface area (Å²) in [4.78, 5) is 12.2. The predicted molar refractivity (Wildman–Crippen MR) is 134 cm³/mol. The number of nitrogens with zero attached hydrogens (tertiary/aromatic N) is 4. The third-order valence-electron chi connectivity index (χ3n) is 3.68. The first kappa shape index (κ1) is 26.6. The number of anilines is 1. The lowest BCUT2D eigenvalue weighted by Crippen LogP contribution is -1.98. The largest absolute Gasteiger partial charge is 0.396 e. The lowest BCUT2D eigenvalue weighted by molar-refractivity contribution is 0.283. The van der Waals surface area contributed by atoms with Crippen molar-refractivity contribution in [3.63, 3.8) is 0 Å². The van der Waals surface area contributed by atoms with Crippen LogP contribution < -0.4 is 5.73 Å². The van der Waals surface area contributed by atoms with Crippen LogP contribution >= 0.6 is 41.9 Å². The monoisotopic (exact) mass is 565 g/mol. The Morgan fingerprint density at radius 3 is 2.60 bits per heavy atom. The topological polar surface area (TPSA) is 89.8 Å². The molecule has 0 aliphatic heterocycles. The minimum Gasteiger partial charge on any atom is -0.396 e. The lowest BCUT2D eigenvalue weighted by atomic mass is 10.2. The Hall–Kier alpha value is -1.43. The first-order valence-electron chi connectivity index (χ1n) is 9.35. The number of aromatic nitrogens is 4. The summed E-state index contributed by atoms with van der Waals surface area (Å²) >= 11 is 8.12. The quantitative estimate of drug-likeness (QED) is 0.202. The van der Waals surface area contributed by atoms with Gasteiger partial charge in [-0.2, -0.15) is 0 Å². The van der Waals surface area contributed by atoms with Crippen molar-refractivity contribution in [2.75, 3.05) is 12.3 Å². The molecule has 3 heterocycles. The number of unbranched alkanes of at least 4 members (excludes halogenated alkanes) is 3. The third-order valence-corrected chi connectivity index (χ3v) is 5.58. The average molecular weight is 566 g/mol. The number of halogens is 3. The predicted octanol–water partition coefficient (Wildman–Crippen LogP) is 6.47. The molecule has 0 saturated heterocycles. The molecular formula is C20H26ClFIN5OS. The van der Waals surface area contributed by atoms with E-state index in [4.69, 9.17) is 22.4 Å². The van der Waals surface area contributed by atoms with Gasteiger partial charge in [0.25, 0.3) is 0 Å². The molecule has 3 aromatic rings. The number of aliphatic hydroxyl groups excluding tert-OH is 1. The molecule has 0 radical (unpaired) electrons. The second kappa shape index (κ2) is 14.6. The Balaban J connectivity index is 0.000000380. The van der Waals surface area contributed by atoms with Crippen molar-refractivity contribution < 1.29 is 9.50 Å². The summed E-state index contributed by atoms with van der Waals surface area (Å²) in [5.41, 5.74) is 6.92. The molecule has 0 atom stereocenters. The first-order valence-corrected chi connectivity index (χ1v) is 13.0. The molecule has 3 aromatic heterocycles. The van der Waals surface area contributed by atoms with Gasteiger partial charge in [-0.05, 0) is 19.4 Å². The van der Waals surface area contributed by atoms with Crippen molar-refractivity contribution in [3.8, 4) is 11.4 Å². The van der Waals surface area contributed by atoms with E-state index in [-0.39, 0.29) is 5.82 Å². The molecule has 30 heavy (non-hydrogen) atoms. The van der Waals surface area contributed by atoms with E-state index >= 15 is 0 Å². The third kappa shape index (κ3) is 8.01. The molecular weight excluding hydrogens is 540 g/mol. The van der Waals surface area contributed by atoms with Crippen molar-refractivity contribution >= 4 is 58.8 Å². The number of hydrogen-bond acceptors (Lipinski definition) is 6. The zero-order chi connectivity index (χ0) is 22.5. The molecule has 3 N–H and O–H groups in total. The zero-order valence-corrected chi connectivity index (χ0v) is 20.7. The minimum atomic E-state index is -0.642. The van der Waals surface area contributed by atoms with Crippen LogP contribution in [0.25, 0.3) is 22.4 Å². The van der Waals surface area contributed by atoms with E-state index < -0.39 is 5.82 Å². The maximum atomic E-state index is 13.2. The normalized spacial score (nSPS) is 10.1. The average Bonchev–Trinajstić information content (AvgIpc) is 3.09. The molecule has 164 valence electrons. The van der Waals surface area contributed by atoms with Crippen LogP contribution in [-0.4, -0.2) is 30.6 Å². The van der Waals surface area contributed by atoms with Crippen molar-refractivity contribution in [1.82, 2.24) is 18.9 Å². The Kier molecular flexibility index (Phi) is 12.9. The Morgan fingerprint density at radius 2 is 2.03 bits per heavy atom. The van der Waals surface area contributed by atoms with Crippen molar-refractivity contribution in [1.29, 1.82) is 0 Å². The number of pyridine rings is 1. The highest BCUT2D eigenvalue weighted by Crippen LogP contribution is 2.33. The van der Waals surface area contributed by atoms with E-state index in [0.717, 1.165) is 23.7 Å². The molecule has 0 spiro atoms. The van der Waals surface area contributed by atoms with Crippen LogP contribution in [0.2, 0.25) is 5.02 Å². The lowest BCUT2D eigenvalue weighted by Gasteiger charge is -2.00. The molecule has 6 nitrogen and oxygen atoms in total. The highest BCUT2D eigenvalue weighted by atomic mass is 127. The summed E-state index contributed by atoms with van der Waals surface area (Å²) < 4.78 is 15.0. The summed E-state index contributed by atoms with van der Waals surface area (Å²) in [6.07, 6.45) is 10.9.